The van der Waals surface area contributed by atoms with E-state index in [4.69, 9.17) is 10.5 Å². The summed E-state index contributed by atoms with van der Waals surface area (Å²) in [6.45, 7) is 2.12. The molecule has 18 heavy (non-hydrogen) atoms. The van der Waals surface area contributed by atoms with Crippen LogP contribution in [0, 0.1) is 0 Å². The Balaban J connectivity index is 2.74. The molecule has 0 atom stereocenters. The van der Waals surface area contributed by atoms with Crippen LogP contribution in [0.1, 0.15) is 29.3 Å². The highest BCUT2D eigenvalue weighted by molar-refractivity contribution is 5.90. The second-order valence-corrected chi connectivity index (χ2v) is 3.76. The van der Waals surface area contributed by atoms with E-state index in [1.54, 1.807) is 25.1 Å². The van der Waals surface area contributed by atoms with Gasteiger partial charge in [0.25, 0.3) is 0 Å². The van der Waals surface area contributed by atoms with Crippen LogP contribution >= 0.6 is 0 Å². The van der Waals surface area contributed by atoms with E-state index in [2.05, 4.69) is 4.74 Å². The molecule has 1 rings (SSSR count). The Morgan fingerprint density at radius 2 is 2.00 bits per heavy atom. The number of hydrogen-bond donors (Lipinski definition) is 1. The van der Waals surface area contributed by atoms with Crippen molar-refractivity contribution < 1.29 is 19.1 Å². The predicted molar refractivity (Wildman–Crippen MR) is 67.1 cm³/mol. The number of methoxy groups -OCH3 is 1. The fourth-order valence-electron chi connectivity index (χ4n) is 1.58. The average Bonchev–Trinajstić information content (AvgIpc) is 2.35. The number of hydrogen-bond acceptors (Lipinski definition) is 5. The van der Waals surface area contributed by atoms with Crippen molar-refractivity contribution >= 4 is 17.6 Å². The normalized spacial score (nSPS) is 9.89. The molecule has 0 spiro atoms. The molecule has 0 aliphatic rings. The first kappa shape index (κ1) is 14.0. The van der Waals surface area contributed by atoms with Gasteiger partial charge in [-0.3, -0.25) is 4.79 Å². The van der Waals surface area contributed by atoms with Crippen molar-refractivity contribution in [1.29, 1.82) is 0 Å². The average molecular weight is 251 g/mol. The molecule has 2 N–H and O–H groups in total. The third kappa shape index (κ3) is 4.08. The van der Waals surface area contributed by atoms with E-state index in [0.29, 0.717) is 24.3 Å². The number of aryl methyl sites for hydroxylation is 1. The van der Waals surface area contributed by atoms with Crippen LogP contribution in [0.2, 0.25) is 0 Å². The molecule has 0 bridgehead atoms. The Morgan fingerprint density at radius 1 is 1.28 bits per heavy atom. The van der Waals surface area contributed by atoms with Gasteiger partial charge in [0.2, 0.25) is 0 Å². The molecule has 1 aromatic carbocycles. The Labute approximate surface area is 106 Å². The summed E-state index contributed by atoms with van der Waals surface area (Å²) in [5.74, 6) is -0.709. The maximum Gasteiger partial charge on any atom is 0.337 e. The first-order chi connectivity index (χ1) is 8.56. The summed E-state index contributed by atoms with van der Waals surface area (Å²) in [6.07, 6.45) is 0.742. The standard InChI is InChI=1S/C13H17NO4/c1-3-18-12(15)5-4-9-6-10(13(16)17-2)8-11(14)7-9/h6-8H,3-5,14H2,1-2H3. The van der Waals surface area contributed by atoms with Crippen LogP contribution in [0.3, 0.4) is 0 Å². The zero-order valence-corrected chi connectivity index (χ0v) is 10.6. The molecule has 5 heteroatoms. The molecule has 0 aromatic heterocycles. The topological polar surface area (TPSA) is 78.6 Å². The Hall–Kier alpha value is -2.04. The molecule has 1 aromatic rings. The highest BCUT2D eigenvalue weighted by atomic mass is 16.5. The molecule has 0 aliphatic heterocycles. The number of carbonyl (C=O) groups is 2. The van der Waals surface area contributed by atoms with E-state index < -0.39 is 5.97 Å². The zero-order valence-electron chi connectivity index (χ0n) is 10.6. The van der Waals surface area contributed by atoms with Gasteiger partial charge in [-0.05, 0) is 37.1 Å². The van der Waals surface area contributed by atoms with E-state index in [9.17, 15) is 9.59 Å². The fraction of sp³-hybridized carbons (Fsp3) is 0.385. The predicted octanol–water partition coefficient (Wildman–Crippen LogP) is 1.55. The van der Waals surface area contributed by atoms with Gasteiger partial charge >= 0.3 is 11.9 Å². The van der Waals surface area contributed by atoms with Gasteiger partial charge in [0.1, 0.15) is 0 Å². The fourth-order valence-corrected chi connectivity index (χ4v) is 1.58. The molecule has 0 saturated carbocycles. The molecule has 0 fully saturated rings. The molecule has 0 radical (unpaired) electrons. The highest BCUT2D eigenvalue weighted by Crippen LogP contribution is 2.15. The van der Waals surface area contributed by atoms with Gasteiger partial charge in [0, 0.05) is 12.1 Å². The van der Waals surface area contributed by atoms with Crippen molar-refractivity contribution in [3.05, 3.63) is 29.3 Å². The summed E-state index contributed by atoms with van der Waals surface area (Å²) in [6, 6.07) is 4.94. The lowest BCUT2D eigenvalue weighted by Gasteiger charge is -2.06. The number of anilines is 1. The lowest BCUT2D eigenvalue weighted by atomic mass is 10.1. The summed E-state index contributed by atoms with van der Waals surface area (Å²) in [7, 11) is 1.31. The van der Waals surface area contributed by atoms with E-state index >= 15 is 0 Å². The maximum absolute atomic E-state index is 11.4. The number of benzene rings is 1. The second-order valence-electron chi connectivity index (χ2n) is 3.76. The molecular weight excluding hydrogens is 234 g/mol. The van der Waals surface area contributed by atoms with Gasteiger partial charge in [0.15, 0.2) is 0 Å². The Kier molecular flexibility index (Phi) is 5.17. The van der Waals surface area contributed by atoms with Crippen LogP contribution < -0.4 is 5.73 Å². The third-order valence-corrected chi connectivity index (χ3v) is 2.36. The zero-order chi connectivity index (χ0) is 13.5. The summed E-state index contributed by atoms with van der Waals surface area (Å²) in [5.41, 5.74) is 7.36. The van der Waals surface area contributed by atoms with Gasteiger partial charge in [-0.15, -0.1) is 0 Å². The molecule has 0 aliphatic carbocycles. The van der Waals surface area contributed by atoms with Gasteiger partial charge in [-0.2, -0.15) is 0 Å². The first-order valence-electron chi connectivity index (χ1n) is 5.70. The van der Waals surface area contributed by atoms with Gasteiger partial charge in [0.05, 0.1) is 19.3 Å². The molecule has 98 valence electrons. The van der Waals surface area contributed by atoms with Crippen molar-refractivity contribution in [3.8, 4) is 0 Å². The van der Waals surface area contributed by atoms with Crippen molar-refractivity contribution in [1.82, 2.24) is 0 Å². The van der Waals surface area contributed by atoms with Crippen LogP contribution in [0.25, 0.3) is 0 Å². The largest absolute Gasteiger partial charge is 0.466 e. The number of nitrogen functional groups attached to an aromatic ring is 1. The number of ether oxygens (including phenoxy) is 2. The van der Waals surface area contributed by atoms with Crippen LogP contribution in [0.15, 0.2) is 18.2 Å². The Bertz CT molecular complexity index is 443. The smallest absolute Gasteiger partial charge is 0.337 e. The monoisotopic (exact) mass is 251 g/mol. The second kappa shape index (κ2) is 6.64. The quantitative estimate of drug-likeness (QED) is 0.634. The van der Waals surface area contributed by atoms with Crippen LogP contribution in [-0.2, 0) is 20.7 Å². The van der Waals surface area contributed by atoms with Crippen LogP contribution in [0.5, 0.6) is 0 Å². The van der Waals surface area contributed by atoms with E-state index in [1.807, 2.05) is 0 Å². The minimum absolute atomic E-state index is 0.262. The lowest BCUT2D eigenvalue weighted by Crippen LogP contribution is -2.07. The summed E-state index contributed by atoms with van der Waals surface area (Å²) in [4.78, 5) is 22.6. The van der Waals surface area contributed by atoms with Crippen molar-refractivity contribution in [2.45, 2.75) is 19.8 Å². The van der Waals surface area contributed by atoms with Crippen molar-refractivity contribution in [3.63, 3.8) is 0 Å². The third-order valence-electron chi connectivity index (χ3n) is 2.36. The maximum atomic E-state index is 11.4. The molecule has 5 nitrogen and oxygen atoms in total. The van der Waals surface area contributed by atoms with Crippen molar-refractivity contribution in [2.24, 2.45) is 0 Å². The van der Waals surface area contributed by atoms with E-state index in [0.717, 1.165) is 5.56 Å². The molecule has 0 amide bonds. The summed E-state index contributed by atoms with van der Waals surface area (Å²) >= 11 is 0. The van der Waals surface area contributed by atoms with Crippen LogP contribution in [0.4, 0.5) is 5.69 Å². The minimum atomic E-state index is -0.445. The number of nitrogens with two attached hydrogens (primary N) is 1. The van der Waals surface area contributed by atoms with Crippen LogP contribution in [-0.4, -0.2) is 25.7 Å². The highest BCUT2D eigenvalue weighted by Gasteiger charge is 2.09. The van der Waals surface area contributed by atoms with E-state index in [1.165, 1.54) is 7.11 Å². The lowest BCUT2D eigenvalue weighted by molar-refractivity contribution is -0.143. The van der Waals surface area contributed by atoms with Gasteiger partial charge in [-0.1, -0.05) is 0 Å². The van der Waals surface area contributed by atoms with Crippen molar-refractivity contribution in [2.75, 3.05) is 19.5 Å². The number of rotatable bonds is 5. The first-order valence-corrected chi connectivity index (χ1v) is 5.70. The summed E-state index contributed by atoms with van der Waals surface area (Å²) < 4.78 is 9.46. The number of carbonyl (C=O) groups excluding carboxylic acids is 2. The molecule has 0 unspecified atom stereocenters. The molecule has 0 heterocycles. The van der Waals surface area contributed by atoms with E-state index in [-0.39, 0.29) is 12.4 Å². The molecule has 0 saturated heterocycles. The van der Waals surface area contributed by atoms with Gasteiger partial charge < -0.3 is 15.2 Å². The summed E-state index contributed by atoms with van der Waals surface area (Å²) in [5, 5.41) is 0. The van der Waals surface area contributed by atoms with Gasteiger partial charge in [-0.25, -0.2) is 4.79 Å². The molecular formula is C13H17NO4. The Morgan fingerprint density at radius 3 is 2.61 bits per heavy atom. The minimum Gasteiger partial charge on any atom is -0.466 e. The number of esters is 2. The SMILES string of the molecule is CCOC(=O)CCc1cc(N)cc(C(=O)OC)c1.